The summed E-state index contributed by atoms with van der Waals surface area (Å²) in [5, 5.41) is 0.794. The summed E-state index contributed by atoms with van der Waals surface area (Å²) in [5.41, 5.74) is 2.14. The zero-order valence-corrected chi connectivity index (χ0v) is 19.7. The Bertz CT molecular complexity index is 1390. The second kappa shape index (κ2) is 9.66. The second-order valence-corrected chi connectivity index (χ2v) is 8.42. The number of ether oxygens (including phenoxy) is 2. The first kappa shape index (κ1) is 22.7. The molecule has 5 rings (SSSR count). The molecule has 0 saturated heterocycles. The van der Waals surface area contributed by atoms with E-state index in [2.05, 4.69) is 0 Å². The maximum absolute atomic E-state index is 13.2. The van der Waals surface area contributed by atoms with E-state index in [9.17, 15) is 9.59 Å². The fourth-order valence-electron chi connectivity index (χ4n) is 3.67. The average molecular weight is 502 g/mol. The standard InChI is InChI=1S/C28H17Cl2NO4/c29-23-12-7-13-24(30)22(23)17-26-27(32)21-15-14-20(16-25(21)35-26)34-28(33)31(18-8-3-1-4-9-18)19-10-5-2-6-11-19/h1-17H/b26-17-. The number of allylic oxidation sites excluding steroid dienone is 1. The van der Waals surface area contributed by atoms with Crippen molar-refractivity contribution in [2.75, 3.05) is 4.90 Å². The van der Waals surface area contributed by atoms with Crippen molar-refractivity contribution >= 4 is 52.5 Å². The lowest BCUT2D eigenvalue weighted by Crippen LogP contribution is -2.29. The summed E-state index contributed by atoms with van der Waals surface area (Å²) in [6.07, 6.45) is 0.899. The van der Waals surface area contributed by atoms with Crippen LogP contribution in [0.1, 0.15) is 15.9 Å². The van der Waals surface area contributed by atoms with Crippen LogP contribution >= 0.6 is 23.2 Å². The Morgan fingerprint density at radius 1 is 0.800 bits per heavy atom. The van der Waals surface area contributed by atoms with Gasteiger partial charge in [0.25, 0.3) is 0 Å². The van der Waals surface area contributed by atoms with Crippen LogP contribution in [0.5, 0.6) is 11.5 Å². The third-order valence-electron chi connectivity index (χ3n) is 5.33. The summed E-state index contributed by atoms with van der Waals surface area (Å²) in [6.45, 7) is 0. The van der Waals surface area contributed by atoms with Gasteiger partial charge >= 0.3 is 6.09 Å². The van der Waals surface area contributed by atoms with E-state index in [0.717, 1.165) is 0 Å². The first-order valence-electron chi connectivity index (χ1n) is 10.7. The largest absolute Gasteiger partial charge is 0.452 e. The van der Waals surface area contributed by atoms with Gasteiger partial charge in [0.1, 0.15) is 11.5 Å². The molecule has 0 N–H and O–H groups in total. The van der Waals surface area contributed by atoms with Gasteiger partial charge in [0.05, 0.1) is 16.9 Å². The number of anilines is 2. The fourth-order valence-corrected chi connectivity index (χ4v) is 4.18. The van der Waals surface area contributed by atoms with E-state index in [4.69, 9.17) is 32.7 Å². The number of ketones is 1. The number of hydrogen-bond donors (Lipinski definition) is 0. The summed E-state index contributed by atoms with van der Waals surface area (Å²) in [4.78, 5) is 27.5. The first-order valence-corrected chi connectivity index (χ1v) is 11.4. The smallest absolute Gasteiger partial charge is 0.424 e. The third kappa shape index (κ3) is 4.64. The molecular formula is C28H17Cl2NO4. The normalized spacial score (nSPS) is 13.3. The minimum absolute atomic E-state index is 0.0775. The molecule has 35 heavy (non-hydrogen) atoms. The van der Waals surface area contributed by atoms with Crippen molar-refractivity contribution in [1.29, 1.82) is 0 Å². The summed E-state index contributed by atoms with van der Waals surface area (Å²) in [6, 6.07) is 28.0. The Morgan fingerprint density at radius 2 is 1.40 bits per heavy atom. The molecule has 0 spiro atoms. The number of carbonyl (C=O) groups is 2. The molecule has 0 aliphatic carbocycles. The van der Waals surface area contributed by atoms with Gasteiger partial charge in [0, 0.05) is 21.7 Å². The van der Waals surface area contributed by atoms with E-state index >= 15 is 0 Å². The summed E-state index contributed by atoms with van der Waals surface area (Å²) in [7, 11) is 0. The third-order valence-corrected chi connectivity index (χ3v) is 5.99. The van der Waals surface area contributed by atoms with Gasteiger partial charge in [-0.15, -0.1) is 0 Å². The zero-order chi connectivity index (χ0) is 24.4. The Morgan fingerprint density at radius 3 is 2.00 bits per heavy atom. The lowest BCUT2D eigenvalue weighted by molar-refractivity contribution is 0.101. The van der Waals surface area contributed by atoms with Gasteiger partial charge in [-0.2, -0.15) is 0 Å². The highest BCUT2D eigenvalue weighted by atomic mass is 35.5. The number of halogens is 2. The molecule has 4 aromatic rings. The van der Waals surface area contributed by atoms with Crippen molar-refractivity contribution in [1.82, 2.24) is 0 Å². The number of amides is 1. The van der Waals surface area contributed by atoms with E-state index in [1.807, 2.05) is 60.7 Å². The molecule has 0 radical (unpaired) electrons. The molecule has 1 heterocycles. The van der Waals surface area contributed by atoms with Crippen LogP contribution < -0.4 is 14.4 Å². The van der Waals surface area contributed by atoms with Gasteiger partial charge in [0.2, 0.25) is 5.78 Å². The lowest BCUT2D eigenvalue weighted by atomic mass is 10.1. The van der Waals surface area contributed by atoms with E-state index in [-0.39, 0.29) is 23.0 Å². The summed E-state index contributed by atoms with van der Waals surface area (Å²) >= 11 is 12.4. The molecule has 4 aromatic carbocycles. The van der Waals surface area contributed by atoms with Crippen molar-refractivity contribution in [3.8, 4) is 11.5 Å². The quantitative estimate of drug-likeness (QED) is 0.266. The Balaban J connectivity index is 1.42. The van der Waals surface area contributed by atoms with Crippen LogP contribution in [0.25, 0.3) is 6.08 Å². The van der Waals surface area contributed by atoms with Crippen molar-refractivity contribution in [2.45, 2.75) is 0 Å². The zero-order valence-electron chi connectivity index (χ0n) is 18.2. The monoisotopic (exact) mass is 501 g/mol. The number of para-hydroxylation sites is 2. The van der Waals surface area contributed by atoms with Crippen LogP contribution in [-0.2, 0) is 0 Å². The van der Waals surface area contributed by atoms with Crippen LogP contribution in [0.2, 0.25) is 10.0 Å². The van der Waals surface area contributed by atoms with Crippen molar-refractivity contribution < 1.29 is 19.1 Å². The first-order chi connectivity index (χ1) is 17.0. The fraction of sp³-hybridized carbons (Fsp3) is 0. The summed E-state index contributed by atoms with van der Waals surface area (Å²) in [5.74, 6) is 0.272. The van der Waals surface area contributed by atoms with Crippen LogP contribution in [0.4, 0.5) is 16.2 Å². The number of nitrogens with zero attached hydrogens (tertiary/aromatic N) is 1. The SMILES string of the molecule is O=C1/C(=C/c2c(Cl)cccc2Cl)Oc2cc(OC(=O)N(c3ccccc3)c3ccccc3)ccc21. The molecule has 7 heteroatoms. The van der Waals surface area contributed by atoms with Crippen LogP contribution in [0, 0.1) is 0 Å². The van der Waals surface area contributed by atoms with Crippen LogP contribution in [0.15, 0.2) is 103 Å². The second-order valence-electron chi connectivity index (χ2n) is 7.61. The van der Waals surface area contributed by atoms with Gasteiger partial charge in [-0.1, -0.05) is 65.7 Å². The number of benzene rings is 4. The van der Waals surface area contributed by atoms with Crippen molar-refractivity contribution in [3.63, 3.8) is 0 Å². The van der Waals surface area contributed by atoms with Gasteiger partial charge < -0.3 is 9.47 Å². The maximum Gasteiger partial charge on any atom is 0.424 e. The molecule has 0 aromatic heterocycles. The number of hydrogen-bond acceptors (Lipinski definition) is 4. The molecule has 0 saturated carbocycles. The van der Waals surface area contributed by atoms with Gasteiger partial charge in [-0.25, -0.2) is 9.69 Å². The minimum atomic E-state index is -0.606. The highest BCUT2D eigenvalue weighted by molar-refractivity contribution is 6.37. The predicted octanol–water partition coefficient (Wildman–Crippen LogP) is 7.95. The van der Waals surface area contributed by atoms with Crippen molar-refractivity contribution in [3.05, 3.63) is 124 Å². The van der Waals surface area contributed by atoms with E-state index < -0.39 is 6.09 Å². The highest BCUT2D eigenvalue weighted by Crippen LogP contribution is 2.37. The van der Waals surface area contributed by atoms with Gasteiger partial charge in [0.15, 0.2) is 5.76 Å². The average Bonchev–Trinajstić information content (AvgIpc) is 3.17. The molecule has 1 aliphatic rings. The Hall–Kier alpha value is -4.06. The van der Waals surface area contributed by atoms with Crippen LogP contribution in [0.3, 0.4) is 0 Å². The molecule has 0 atom stereocenters. The summed E-state index contributed by atoms with van der Waals surface area (Å²) < 4.78 is 11.4. The molecule has 0 fully saturated rings. The Labute approximate surface area is 211 Å². The molecule has 5 nitrogen and oxygen atoms in total. The molecule has 1 amide bonds. The molecular weight excluding hydrogens is 485 g/mol. The molecule has 1 aliphatic heterocycles. The lowest BCUT2D eigenvalue weighted by Gasteiger charge is -2.22. The number of carbonyl (C=O) groups excluding carboxylic acids is 2. The number of rotatable bonds is 4. The number of Topliss-reactive ketones (excluding diaryl/α,β-unsaturated/α-hetero) is 1. The van der Waals surface area contributed by atoms with E-state index in [1.54, 1.807) is 30.3 Å². The van der Waals surface area contributed by atoms with E-state index in [1.165, 1.54) is 17.0 Å². The molecule has 172 valence electrons. The molecule has 0 unspecified atom stereocenters. The number of fused-ring (bicyclic) bond motifs is 1. The van der Waals surface area contributed by atoms with Crippen molar-refractivity contribution in [2.24, 2.45) is 0 Å². The minimum Gasteiger partial charge on any atom is -0.452 e. The molecule has 0 bridgehead atoms. The van der Waals surface area contributed by atoms with Gasteiger partial charge in [-0.05, 0) is 54.6 Å². The highest BCUT2D eigenvalue weighted by Gasteiger charge is 2.29. The Kier molecular flexibility index (Phi) is 6.27. The predicted molar refractivity (Wildman–Crippen MR) is 137 cm³/mol. The van der Waals surface area contributed by atoms with Crippen LogP contribution in [-0.4, -0.2) is 11.9 Å². The maximum atomic E-state index is 13.2. The van der Waals surface area contributed by atoms with E-state index in [0.29, 0.717) is 32.5 Å². The topological polar surface area (TPSA) is 55.8 Å². The van der Waals surface area contributed by atoms with Gasteiger partial charge in [-0.3, -0.25) is 4.79 Å².